The van der Waals surface area contributed by atoms with Gasteiger partial charge in [0.05, 0.1) is 0 Å². The van der Waals surface area contributed by atoms with Gasteiger partial charge in [-0.25, -0.2) is 0 Å². The Balaban J connectivity index is 3.39. The lowest BCUT2D eigenvalue weighted by molar-refractivity contribution is 0.431. The van der Waals surface area contributed by atoms with Crippen LogP contribution in [0.4, 0.5) is 0 Å². The van der Waals surface area contributed by atoms with Crippen LogP contribution < -0.4 is 0 Å². The van der Waals surface area contributed by atoms with E-state index in [2.05, 4.69) is 34.3 Å². The molecule has 0 fully saturated rings. The zero-order chi connectivity index (χ0) is 11.0. The van der Waals surface area contributed by atoms with E-state index in [-0.39, 0.29) is 0 Å². The standard InChI is InChI=1S/C14H28/c1-6-7-9-13(4)10-8-11-14(5)12(2)3/h13-14H,2,6-11H2,1,3-5H3. The number of allylic oxidation sites excluding steroid dienone is 1. The van der Waals surface area contributed by atoms with Crippen LogP contribution >= 0.6 is 0 Å². The molecule has 2 atom stereocenters. The van der Waals surface area contributed by atoms with Gasteiger partial charge in [-0.3, -0.25) is 0 Å². The molecule has 0 saturated carbocycles. The third kappa shape index (κ3) is 7.17. The Kier molecular flexibility index (Phi) is 7.93. The molecule has 0 radical (unpaired) electrons. The quantitative estimate of drug-likeness (QED) is 0.468. The number of rotatable bonds is 8. The van der Waals surface area contributed by atoms with Gasteiger partial charge in [-0.1, -0.05) is 65.0 Å². The average molecular weight is 196 g/mol. The lowest BCUT2D eigenvalue weighted by atomic mass is 9.93. The first-order valence-corrected chi connectivity index (χ1v) is 6.23. The summed E-state index contributed by atoms with van der Waals surface area (Å²) in [7, 11) is 0. The first kappa shape index (κ1) is 13.7. The second kappa shape index (κ2) is 8.08. The van der Waals surface area contributed by atoms with Gasteiger partial charge in [0.25, 0.3) is 0 Å². The summed E-state index contributed by atoms with van der Waals surface area (Å²) < 4.78 is 0. The normalized spacial score (nSPS) is 15.1. The first-order valence-electron chi connectivity index (χ1n) is 6.23. The van der Waals surface area contributed by atoms with E-state index in [0.717, 1.165) is 5.92 Å². The summed E-state index contributed by atoms with van der Waals surface area (Å²) in [4.78, 5) is 0. The summed E-state index contributed by atoms with van der Waals surface area (Å²) in [5.74, 6) is 1.64. The second-order valence-electron chi connectivity index (χ2n) is 4.93. The van der Waals surface area contributed by atoms with E-state index >= 15 is 0 Å². The van der Waals surface area contributed by atoms with Gasteiger partial charge in [0.15, 0.2) is 0 Å². The van der Waals surface area contributed by atoms with Crippen LogP contribution in [0.15, 0.2) is 12.2 Å². The van der Waals surface area contributed by atoms with Crippen LogP contribution in [0.25, 0.3) is 0 Å². The maximum atomic E-state index is 4.00. The molecule has 0 nitrogen and oxygen atoms in total. The SMILES string of the molecule is C=C(C)C(C)CCCC(C)CCCC. The molecule has 0 heterocycles. The van der Waals surface area contributed by atoms with Crippen LogP contribution in [-0.2, 0) is 0 Å². The summed E-state index contributed by atoms with van der Waals surface area (Å²) in [6.07, 6.45) is 8.25. The molecule has 0 aromatic rings. The van der Waals surface area contributed by atoms with Crippen LogP contribution in [0.2, 0.25) is 0 Å². The van der Waals surface area contributed by atoms with E-state index in [0.29, 0.717) is 5.92 Å². The Morgan fingerprint density at radius 3 is 2.14 bits per heavy atom. The summed E-state index contributed by atoms with van der Waals surface area (Å²) in [5, 5.41) is 0. The number of hydrogen-bond donors (Lipinski definition) is 0. The Bertz CT molecular complexity index is 146. The van der Waals surface area contributed by atoms with Gasteiger partial charge in [-0.2, -0.15) is 0 Å². The molecule has 0 saturated heterocycles. The highest BCUT2D eigenvalue weighted by Crippen LogP contribution is 2.20. The van der Waals surface area contributed by atoms with E-state index in [1.54, 1.807) is 0 Å². The van der Waals surface area contributed by atoms with Crippen LogP contribution in [-0.4, -0.2) is 0 Å². The third-order valence-electron chi connectivity index (χ3n) is 3.23. The molecule has 0 rings (SSSR count). The molecule has 0 bridgehead atoms. The van der Waals surface area contributed by atoms with Crippen molar-refractivity contribution < 1.29 is 0 Å². The Hall–Kier alpha value is -0.260. The van der Waals surface area contributed by atoms with E-state index in [1.165, 1.54) is 44.1 Å². The molecule has 0 heteroatoms. The van der Waals surface area contributed by atoms with Crippen molar-refractivity contribution in [1.29, 1.82) is 0 Å². The topological polar surface area (TPSA) is 0 Å². The molecule has 0 aromatic carbocycles. The monoisotopic (exact) mass is 196 g/mol. The maximum absolute atomic E-state index is 4.00. The first-order chi connectivity index (χ1) is 6.57. The van der Waals surface area contributed by atoms with Crippen LogP contribution in [0.1, 0.15) is 66.2 Å². The highest BCUT2D eigenvalue weighted by atomic mass is 14.1. The van der Waals surface area contributed by atoms with Gasteiger partial charge in [0, 0.05) is 0 Å². The zero-order valence-corrected chi connectivity index (χ0v) is 10.6. The molecule has 14 heavy (non-hydrogen) atoms. The molecular weight excluding hydrogens is 168 g/mol. The number of hydrogen-bond acceptors (Lipinski definition) is 0. The molecule has 0 N–H and O–H groups in total. The van der Waals surface area contributed by atoms with E-state index in [4.69, 9.17) is 0 Å². The molecule has 0 amide bonds. The van der Waals surface area contributed by atoms with E-state index in [1.807, 2.05) is 0 Å². The summed E-state index contributed by atoms with van der Waals surface area (Å²) in [6.45, 7) is 13.1. The van der Waals surface area contributed by atoms with Crippen molar-refractivity contribution in [3.8, 4) is 0 Å². The van der Waals surface area contributed by atoms with Crippen molar-refractivity contribution in [3.63, 3.8) is 0 Å². The van der Waals surface area contributed by atoms with Crippen molar-refractivity contribution in [2.45, 2.75) is 66.2 Å². The Morgan fingerprint density at radius 2 is 1.64 bits per heavy atom. The van der Waals surface area contributed by atoms with Gasteiger partial charge < -0.3 is 0 Å². The average Bonchev–Trinajstić information content (AvgIpc) is 2.14. The molecule has 84 valence electrons. The molecule has 0 aliphatic heterocycles. The zero-order valence-electron chi connectivity index (χ0n) is 10.6. The highest BCUT2D eigenvalue weighted by molar-refractivity contribution is 4.93. The van der Waals surface area contributed by atoms with Crippen molar-refractivity contribution >= 4 is 0 Å². The van der Waals surface area contributed by atoms with Crippen LogP contribution in [0.5, 0.6) is 0 Å². The van der Waals surface area contributed by atoms with Crippen LogP contribution in [0.3, 0.4) is 0 Å². The minimum Gasteiger partial charge on any atom is -0.0999 e. The third-order valence-corrected chi connectivity index (χ3v) is 3.23. The Labute approximate surface area is 90.8 Å². The van der Waals surface area contributed by atoms with Gasteiger partial charge in [0.2, 0.25) is 0 Å². The molecule has 0 aliphatic carbocycles. The van der Waals surface area contributed by atoms with Crippen molar-refractivity contribution in [2.24, 2.45) is 11.8 Å². The fourth-order valence-electron chi connectivity index (χ4n) is 1.72. The molecule has 0 spiro atoms. The molecular formula is C14H28. The highest BCUT2D eigenvalue weighted by Gasteiger charge is 2.05. The van der Waals surface area contributed by atoms with E-state index in [9.17, 15) is 0 Å². The lowest BCUT2D eigenvalue weighted by Crippen LogP contribution is -1.99. The van der Waals surface area contributed by atoms with Crippen molar-refractivity contribution in [2.75, 3.05) is 0 Å². The van der Waals surface area contributed by atoms with Gasteiger partial charge in [-0.15, -0.1) is 0 Å². The predicted octanol–water partition coefficient (Wildman–Crippen LogP) is 5.20. The Morgan fingerprint density at radius 1 is 1.07 bits per heavy atom. The second-order valence-corrected chi connectivity index (χ2v) is 4.93. The fourth-order valence-corrected chi connectivity index (χ4v) is 1.72. The minimum absolute atomic E-state index is 0.716. The van der Waals surface area contributed by atoms with Crippen molar-refractivity contribution in [1.82, 2.24) is 0 Å². The van der Waals surface area contributed by atoms with Gasteiger partial charge in [0.1, 0.15) is 0 Å². The summed E-state index contributed by atoms with van der Waals surface area (Å²) >= 11 is 0. The largest absolute Gasteiger partial charge is 0.0999 e. The maximum Gasteiger partial charge on any atom is -0.0237 e. The molecule has 2 unspecified atom stereocenters. The molecule has 0 aromatic heterocycles. The van der Waals surface area contributed by atoms with Crippen LogP contribution in [0, 0.1) is 11.8 Å². The van der Waals surface area contributed by atoms with E-state index < -0.39 is 0 Å². The minimum atomic E-state index is 0.716. The fraction of sp³-hybridized carbons (Fsp3) is 0.857. The van der Waals surface area contributed by atoms with Gasteiger partial charge >= 0.3 is 0 Å². The number of unbranched alkanes of at least 4 members (excludes halogenated alkanes) is 1. The predicted molar refractivity (Wildman–Crippen MR) is 66.5 cm³/mol. The van der Waals surface area contributed by atoms with Gasteiger partial charge in [-0.05, 0) is 25.2 Å². The smallest absolute Gasteiger partial charge is 0.0237 e. The van der Waals surface area contributed by atoms with Crippen molar-refractivity contribution in [3.05, 3.63) is 12.2 Å². The lowest BCUT2D eigenvalue weighted by Gasteiger charge is -2.13. The summed E-state index contributed by atoms with van der Waals surface area (Å²) in [5.41, 5.74) is 1.34. The summed E-state index contributed by atoms with van der Waals surface area (Å²) in [6, 6.07) is 0. The molecule has 0 aliphatic rings.